The molecule has 2 rings (SSSR count). The van der Waals surface area contributed by atoms with Gasteiger partial charge >= 0.3 is 0 Å². The van der Waals surface area contributed by atoms with E-state index in [2.05, 4.69) is 24.4 Å². The number of para-hydroxylation sites is 2. The molecule has 1 fully saturated rings. The Morgan fingerprint density at radius 2 is 1.45 bits per heavy atom. The molecule has 0 spiro atoms. The molecule has 1 aliphatic heterocycles. The molecule has 0 aromatic heterocycles. The van der Waals surface area contributed by atoms with Crippen LogP contribution in [-0.2, 0) is 9.59 Å². The highest BCUT2D eigenvalue weighted by molar-refractivity contribution is 6.22. The largest absolute Gasteiger partial charge is 0.382 e. The van der Waals surface area contributed by atoms with Gasteiger partial charge in [-0.15, -0.1) is 11.6 Å². The number of halogens is 1. The number of amides is 2. The fourth-order valence-electron chi connectivity index (χ4n) is 4.25. The molecule has 33 heavy (non-hydrogen) atoms. The Morgan fingerprint density at radius 3 is 2.12 bits per heavy atom. The third-order valence-electron chi connectivity index (χ3n) is 6.25. The molecule has 1 aliphatic rings. The van der Waals surface area contributed by atoms with Gasteiger partial charge in [0.25, 0.3) is 0 Å². The molecule has 0 radical (unpaired) electrons. The summed E-state index contributed by atoms with van der Waals surface area (Å²) in [5.41, 5.74) is 1.41. The van der Waals surface area contributed by atoms with E-state index in [-0.39, 0.29) is 30.0 Å². The quantitative estimate of drug-likeness (QED) is 0.101. The molecule has 1 N–H and O–H groups in total. The Kier molecular flexibility index (Phi) is 13.9. The van der Waals surface area contributed by atoms with Crippen LogP contribution in [0.4, 0.5) is 11.4 Å². The molecule has 4 nitrogen and oxygen atoms in total. The number of hydrogen-bond donors (Lipinski definition) is 1. The van der Waals surface area contributed by atoms with Crippen molar-refractivity contribution in [1.82, 2.24) is 0 Å². The summed E-state index contributed by atoms with van der Waals surface area (Å²) in [4.78, 5) is 25.5. The summed E-state index contributed by atoms with van der Waals surface area (Å²) in [5, 5.41) is 3.32. The minimum Gasteiger partial charge on any atom is -0.382 e. The summed E-state index contributed by atoms with van der Waals surface area (Å²) in [5.74, 6) is -0.270. The lowest BCUT2D eigenvalue weighted by Gasteiger charge is -2.20. The Hall–Kier alpha value is -1.81. The minimum atomic E-state index is -0.135. The van der Waals surface area contributed by atoms with E-state index in [1.807, 2.05) is 24.3 Å². The Labute approximate surface area is 206 Å². The molecule has 1 saturated heterocycles. The third-order valence-corrected chi connectivity index (χ3v) is 6.62. The number of carbonyl (C=O) groups excluding carboxylic acids is 2. The molecule has 1 unspecified atom stereocenters. The molecule has 1 aromatic rings. The lowest BCUT2D eigenvalue weighted by atomic mass is 10.1. The standard InChI is InChI=1S/C28H43ClN2O2/c1-2-3-4-5-6-7-8-9-10-11-12-13-14-15-18-24(29)23-30-25-19-16-17-20-26(25)31-27(32)21-22-28(31)33/h13-14,16-17,19-20,24,30H,2-12,15,18,21-23H2,1H3/b14-13+. The van der Waals surface area contributed by atoms with Gasteiger partial charge in [-0.25, -0.2) is 4.90 Å². The molecule has 5 heteroatoms. The normalized spacial score (nSPS) is 15.0. The molecular formula is C28H43ClN2O2. The summed E-state index contributed by atoms with van der Waals surface area (Å²) in [6.07, 6.45) is 21.9. The maximum Gasteiger partial charge on any atom is 0.234 e. The average Bonchev–Trinajstić information content (AvgIpc) is 3.15. The fraction of sp³-hybridized carbons (Fsp3) is 0.643. The number of unbranched alkanes of at least 4 members (excludes halogenated alkanes) is 10. The molecule has 2 amide bonds. The Bertz CT molecular complexity index is 718. The summed E-state index contributed by atoms with van der Waals surface area (Å²) in [6.45, 7) is 2.87. The molecule has 0 saturated carbocycles. The molecule has 0 aliphatic carbocycles. The highest BCUT2D eigenvalue weighted by Crippen LogP contribution is 2.30. The Balaban J connectivity index is 1.53. The van der Waals surface area contributed by atoms with Crippen LogP contribution in [-0.4, -0.2) is 23.7 Å². The predicted molar refractivity (Wildman–Crippen MR) is 141 cm³/mol. The zero-order valence-electron chi connectivity index (χ0n) is 20.5. The summed E-state index contributed by atoms with van der Waals surface area (Å²) in [7, 11) is 0. The van der Waals surface area contributed by atoms with Crippen LogP contribution in [0, 0.1) is 0 Å². The molecule has 0 bridgehead atoms. The number of rotatable bonds is 18. The molecule has 1 heterocycles. The van der Waals surface area contributed by atoms with Gasteiger partial charge in [0, 0.05) is 19.4 Å². The zero-order valence-corrected chi connectivity index (χ0v) is 21.3. The lowest BCUT2D eigenvalue weighted by Crippen LogP contribution is -2.29. The van der Waals surface area contributed by atoms with E-state index < -0.39 is 0 Å². The first-order valence-corrected chi connectivity index (χ1v) is 13.5. The van der Waals surface area contributed by atoms with Crippen molar-refractivity contribution in [2.45, 2.75) is 109 Å². The number of benzene rings is 1. The molecular weight excluding hydrogens is 432 g/mol. The summed E-state index contributed by atoms with van der Waals surface area (Å²) < 4.78 is 0. The average molecular weight is 475 g/mol. The van der Waals surface area contributed by atoms with Crippen molar-refractivity contribution in [3.05, 3.63) is 36.4 Å². The van der Waals surface area contributed by atoms with Crippen LogP contribution >= 0.6 is 11.6 Å². The third kappa shape index (κ3) is 10.8. The zero-order chi connectivity index (χ0) is 23.7. The van der Waals surface area contributed by atoms with Crippen molar-refractivity contribution in [2.75, 3.05) is 16.8 Å². The monoisotopic (exact) mass is 474 g/mol. The van der Waals surface area contributed by atoms with E-state index >= 15 is 0 Å². The van der Waals surface area contributed by atoms with Crippen LogP contribution in [0.3, 0.4) is 0 Å². The number of nitrogens with one attached hydrogen (secondary N) is 1. The van der Waals surface area contributed by atoms with Crippen LogP contribution in [0.15, 0.2) is 36.4 Å². The number of anilines is 2. The predicted octanol–water partition coefficient (Wildman–Crippen LogP) is 8.01. The number of hydrogen-bond acceptors (Lipinski definition) is 3. The first-order valence-electron chi connectivity index (χ1n) is 13.1. The van der Waals surface area contributed by atoms with Gasteiger partial charge in [-0.3, -0.25) is 9.59 Å². The highest BCUT2D eigenvalue weighted by atomic mass is 35.5. The molecule has 184 valence electrons. The van der Waals surface area contributed by atoms with E-state index in [0.717, 1.165) is 24.9 Å². The second-order valence-electron chi connectivity index (χ2n) is 9.14. The minimum absolute atomic E-state index is 0.00925. The number of nitrogens with zero attached hydrogens (tertiary/aromatic N) is 1. The smallest absolute Gasteiger partial charge is 0.234 e. The Morgan fingerprint density at radius 1 is 0.879 bits per heavy atom. The SMILES string of the molecule is CCCCCCCCCCCC/C=C/CCC(Cl)CNc1ccccc1N1C(=O)CCC1=O. The number of alkyl halides is 1. The van der Waals surface area contributed by atoms with E-state index in [0.29, 0.717) is 12.2 Å². The van der Waals surface area contributed by atoms with Crippen LogP contribution in [0.25, 0.3) is 0 Å². The van der Waals surface area contributed by atoms with E-state index in [1.54, 1.807) is 0 Å². The second-order valence-corrected chi connectivity index (χ2v) is 9.75. The van der Waals surface area contributed by atoms with Crippen LogP contribution in [0.2, 0.25) is 0 Å². The summed E-state index contributed by atoms with van der Waals surface area (Å²) in [6, 6.07) is 7.45. The molecule has 1 aromatic carbocycles. The van der Waals surface area contributed by atoms with Crippen molar-refractivity contribution < 1.29 is 9.59 Å². The van der Waals surface area contributed by atoms with Crippen LogP contribution < -0.4 is 10.2 Å². The van der Waals surface area contributed by atoms with Crippen molar-refractivity contribution in [3.63, 3.8) is 0 Å². The van der Waals surface area contributed by atoms with Gasteiger partial charge in [-0.2, -0.15) is 0 Å². The van der Waals surface area contributed by atoms with Crippen LogP contribution in [0.1, 0.15) is 103 Å². The number of allylic oxidation sites excluding steroid dienone is 2. The van der Waals surface area contributed by atoms with Gasteiger partial charge in [0.1, 0.15) is 0 Å². The van der Waals surface area contributed by atoms with Gasteiger partial charge in [0.15, 0.2) is 0 Å². The maximum absolute atomic E-state index is 12.1. The second kappa shape index (κ2) is 16.7. The van der Waals surface area contributed by atoms with Crippen molar-refractivity contribution in [1.29, 1.82) is 0 Å². The van der Waals surface area contributed by atoms with Crippen LogP contribution in [0.5, 0.6) is 0 Å². The maximum atomic E-state index is 12.1. The van der Waals surface area contributed by atoms with E-state index in [9.17, 15) is 9.59 Å². The van der Waals surface area contributed by atoms with Gasteiger partial charge in [-0.1, -0.05) is 89.0 Å². The number of imide groups is 1. The van der Waals surface area contributed by atoms with Crippen molar-refractivity contribution in [2.24, 2.45) is 0 Å². The van der Waals surface area contributed by atoms with Crippen molar-refractivity contribution in [3.8, 4) is 0 Å². The van der Waals surface area contributed by atoms with Gasteiger partial charge < -0.3 is 5.32 Å². The van der Waals surface area contributed by atoms with Gasteiger partial charge in [0.2, 0.25) is 11.8 Å². The van der Waals surface area contributed by atoms with E-state index in [1.165, 1.54) is 69.1 Å². The first kappa shape index (κ1) is 27.4. The highest BCUT2D eigenvalue weighted by Gasteiger charge is 2.31. The molecule has 1 atom stereocenters. The van der Waals surface area contributed by atoms with Gasteiger partial charge in [0.05, 0.1) is 16.8 Å². The summed E-state index contributed by atoms with van der Waals surface area (Å²) >= 11 is 6.51. The topological polar surface area (TPSA) is 49.4 Å². The number of carbonyl (C=O) groups is 2. The first-order chi connectivity index (χ1) is 16.1. The van der Waals surface area contributed by atoms with E-state index in [4.69, 9.17) is 11.6 Å². The van der Waals surface area contributed by atoms with Gasteiger partial charge in [-0.05, 0) is 37.8 Å². The van der Waals surface area contributed by atoms with Crippen molar-refractivity contribution >= 4 is 34.8 Å². The fourth-order valence-corrected chi connectivity index (χ4v) is 4.45. The lowest BCUT2D eigenvalue weighted by molar-refractivity contribution is -0.121.